The monoisotopic (exact) mass is 488 g/mol. The molecule has 1 heterocycles. The molecule has 170 valence electrons. The van der Waals surface area contributed by atoms with E-state index < -0.39 is 24.3 Å². The summed E-state index contributed by atoms with van der Waals surface area (Å²) in [5.41, 5.74) is 1.15. The van der Waals surface area contributed by atoms with Crippen molar-refractivity contribution in [1.82, 2.24) is 5.32 Å². The lowest BCUT2D eigenvalue weighted by Gasteiger charge is -2.35. The standard InChI is InChI=1S/C25H20Cl2F2N2O2/c1-15(30-23(32)16-5-8-19(26)9-6-16)17-7-10-22-21(14-17)25(28,29)11-12-31(22)24(33)18-3-2-4-20(27)13-18/h2-10,13-15H,11-12H2,1H3,(H,30,32). The van der Waals surface area contributed by atoms with E-state index in [1.807, 2.05) is 0 Å². The van der Waals surface area contributed by atoms with Gasteiger partial charge in [0.1, 0.15) is 0 Å². The summed E-state index contributed by atoms with van der Waals surface area (Å²) in [5.74, 6) is -3.84. The van der Waals surface area contributed by atoms with Crippen LogP contribution in [0.5, 0.6) is 0 Å². The number of carbonyl (C=O) groups is 2. The summed E-state index contributed by atoms with van der Waals surface area (Å²) in [6.45, 7) is 1.60. The average Bonchev–Trinajstić information content (AvgIpc) is 2.79. The first-order chi connectivity index (χ1) is 15.7. The third-order valence-electron chi connectivity index (χ3n) is 5.63. The fourth-order valence-electron chi connectivity index (χ4n) is 3.81. The number of nitrogens with one attached hydrogen (secondary N) is 1. The van der Waals surface area contributed by atoms with Crippen LogP contribution in [-0.2, 0) is 5.92 Å². The lowest BCUT2D eigenvalue weighted by Crippen LogP contribution is -2.40. The molecule has 4 nitrogen and oxygen atoms in total. The minimum atomic E-state index is -3.10. The molecule has 0 fully saturated rings. The number of benzene rings is 3. The van der Waals surface area contributed by atoms with Crippen molar-refractivity contribution in [2.75, 3.05) is 11.4 Å². The Balaban J connectivity index is 1.61. The summed E-state index contributed by atoms with van der Waals surface area (Å²) in [6, 6.07) is 16.8. The summed E-state index contributed by atoms with van der Waals surface area (Å²) in [4.78, 5) is 26.9. The van der Waals surface area contributed by atoms with Crippen LogP contribution in [0.4, 0.5) is 14.5 Å². The molecule has 3 aromatic carbocycles. The molecule has 4 rings (SSSR count). The summed E-state index contributed by atoms with van der Waals surface area (Å²) in [6.07, 6.45) is -0.499. The van der Waals surface area contributed by atoms with E-state index in [1.165, 1.54) is 23.1 Å². The van der Waals surface area contributed by atoms with E-state index in [9.17, 15) is 18.4 Å². The lowest BCUT2D eigenvalue weighted by molar-refractivity contribution is -0.0147. The number of rotatable bonds is 4. The van der Waals surface area contributed by atoms with E-state index >= 15 is 0 Å². The van der Waals surface area contributed by atoms with Crippen LogP contribution in [0.1, 0.15) is 51.2 Å². The van der Waals surface area contributed by atoms with Gasteiger partial charge in [0.2, 0.25) is 0 Å². The van der Waals surface area contributed by atoms with Gasteiger partial charge >= 0.3 is 0 Å². The molecule has 0 radical (unpaired) electrons. The summed E-state index contributed by atoms with van der Waals surface area (Å²) in [7, 11) is 0. The zero-order chi connectivity index (χ0) is 23.8. The zero-order valence-electron chi connectivity index (χ0n) is 17.6. The molecular formula is C25H20Cl2F2N2O2. The van der Waals surface area contributed by atoms with Crippen molar-refractivity contribution in [3.63, 3.8) is 0 Å². The first kappa shape index (κ1) is 23.2. The maximum Gasteiger partial charge on any atom is 0.276 e. The molecule has 1 aliphatic heterocycles. The first-order valence-corrected chi connectivity index (χ1v) is 11.1. The molecule has 0 spiro atoms. The molecule has 2 amide bonds. The van der Waals surface area contributed by atoms with Gasteiger partial charge in [-0.1, -0.05) is 35.3 Å². The van der Waals surface area contributed by atoms with E-state index in [2.05, 4.69) is 5.32 Å². The van der Waals surface area contributed by atoms with Crippen LogP contribution in [0.15, 0.2) is 66.7 Å². The third kappa shape index (κ3) is 4.87. The topological polar surface area (TPSA) is 49.4 Å². The van der Waals surface area contributed by atoms with Crippen LogP contribution in [0, 0.1) is 0 Å². The molecule has 1 N–H and O–H groups in total. The number of hydrogen-bond donors (Lipinski definition) is 1. The summed E-state index contributed by atoms with van der Waals surface area (Å²) >= 11 is 11.8. The van der Waals surface area contributed by atoms with E-state index in [4.69, 9.17) is 23.2 Å². The number of nitrogens with zero attached hydrogens (tertiary/aromatic N) is 1. The van der Waals surface area contributed by atoms with Crippen molar-refractivity contribution >= 4 is 40.7 Å². The minimum Gasteiger partial charge on any atom is -0.346 e. The molecule has 8 heteroatoms. The molecule has 1 aliphatic rings. The van der Waals surface area contributed by atoms with Gasteiger partial charge in [-0.2, -0.15) is 0 Å². The van der Waals surface area contributed by atoms with E-state index in [0.717, 1.165) is 0 Å². The third-order valence-corrected chi connectivity index (χ3v) is 6.11. The number of alkyl halides is 2. The zero-order valence-corrected chi connectivity index (χ0v) is 19.1. The van der Waals surface area contributed by atoms with Gasteiger partial charge in [0.15, 0.2) is 0 Å². The van der Waals surface area contributed by atoms with Crippen LogP contribution in [0.3, 0.4) is 0 Å². The first-order valence-electron chi connectivity index (χ1n) is 10.3. The molecule has 1 unspecified atom stereocenters. The predicted molar refractivity (Wildman–Crippen MR) is 125 cm³/mol. The van der Waals surface area contributed by atoms with Crippen LogP contribution in [-0.4, -0.2) is 18.4 Å². The highest BCUT2D eigenvalue weighted by atomic mass is 35.5. The van der Waals surface area contributed by atoms with Crippen LogP contribution < -0.4 is 10.2 Å². The van der Waals surface area contributed by atoms with Crippen molar-refractivity contribution < 1.29 is 18.4 Å². The van der Waals surface area contributed by atoms with Gasteiger partial charge in [-0.15, -0.1) is 0 Å². The maximum atomic E-state index is 14.9. The summed E-state index contributed by atoms with van der Waals surface area (Å²) < 4.78 is 29.7. The molecule has 0 aromatic heterocycles. The molecule has 0 aliphatic carbocycles. The van der Waals surface area contributed by atoms with Gasteiger partial charge in [0.25, 0.3) is 17.7 Å². The van der Waals surface area contributed by atoms with Crippen molar-refractivity contribution in [3.05, 3.63) is 99.0 Å². The maximum absolute atomic E-state index is 14.9. The van der Waals surface area contributed by atoms with Crippen molar-refractivity contribution in [2.45, 2.75) is 25.3 Å². The Morgan fingerprint density at radius 2 is 1.70 bits per heavy atom. The number of halogens is 4. The highest BCUT2D eigenvalue weighted by Crippen LogP contribution is 2.44. The molecular weight excluding hydrogens is 469 g/mol. The Morgan fingerprint density at radius 3 is 2.39 bits per heavy atom. The summed E-state index contributed by atoms with van der Waals surface area (Å²) in [5, 5.41) is 3.71. The van der Waals surface area contributed by atoms with Crippen molar-refractivity contribution in [1.29, 1.82) is 0 Å². The normalized spacial score (nSPS) is 15.5. The molecule has 0 bridgehead atoms. The van der Waals surface area contributed by atoms with E-state index in [0.29, 0.717) is 26.7 Å². The molecule has 0 saturated heterocycles. The Bertz CT molecular complexity index is 1220. The largest absolute Gasteiger partial charge is 0.346 e. The van der Waals surface area contributed by atoms with Crippen LogP contribution in [0.25, 0.3) is 0 Å². The highest BCUT2D eigenvalue weighted by Gasteiger charge is 2.41. The fourth-order valence-corrected chi connectivity index (χ4v) is 4.13. The second-order valence-electron chi connectivity index (χ2n) is 7.90. The quantitative estimate of drug-likeness (QED) is 0.448. The smallest absolute Gasteiger partial charge is 0.276 e. The fraction of sp³-hybridized carbons (Fsp3) is 0.200. The average molecular weight is 489 g/mol. The highest BCUT2D eigenvalue weighted by molar-refractivity contribution is 6.31. The Kier molecular flexibility index (Phi) is 6.41. The van der Waals surface area contributed by atoms with Crippen molar-refractivity contribution in [2.24, 2.45) is 0 Å². The van der Waals surface area contributed by atoms with Gasteiger partial charge in [-0.3, -0.25) is 9.59 Å². The van der Waals surface area contributed by atoms with Gasteiger partial charge in [-0.25, -0.2) is 8.78 Å². The van der Waals surface area contributed by atoms with Gasteiger partial charge in [0.05, 0.1) is 11.7 Å². The molecule has 0 saturated carbocycles. The van der Waals surface area contributed by atoms with E-state index in [-0.39, 0.29) is 23.7 Å². The second kappa shape index (κ2) is 9.12. The van der Waals surface area contributed by atoms with Crippen molar-refractivity contribution in [3.8, 4) is 0 Å². The van der Waals surface area contributed by atoms with Crippen LogP contribution in [0.2, 0.25) is 10.0 Å². The van der Waals surface area contributed by atoms with Crippen LogP contribution >= 0.6 is 23.2 Å². The minimum absolute atomic E-state index is 0.118. The molecule has 3 aromatic rings. The lowest BCUT2D eigenvalue weighted by atomic mass is 9.93. The molecule has 1 atom stereocenters. The van der Waals surface area contributed by atoms with Gasteiger partial charge in [-0.05, 0) is 67.1 Å². The Hall–Kier alpha value is -2.96. The number of hydrogen-bond acceptors (Lipinski definition) is 2. The Labute approximate surface area is 200 Å². The molecule has 33 heavy (non-hydrogen) atoms. The second-order valence-corrected chi connectivity index (χ2v) is 8.77. The van der Waals surface area contributed by atoms with E-state index in [1.54, 1.807) is 55.5 Å². The van der Waals surface area contributed by atoms with Gasteiger partial charge < -0.3 is 10.2 Å². The van der Waals surface area contributed by atoms with Gasteiger partial charge in [0, 0.05) is 39.7 Å². The number of amides is 2. The number of fused-ring (bicyclic) bond motifs is 1. The number of carbonyl (C=O) groups excluding carboxylic acids is 2. The SMILES string of the molecule is CC(NC(=O)c1ccc(Cl)cc1)c1ccc2c(c1)C(F)(F)CCN2C(=O)c1cccc(Cl)c1. The number of anilines is 1. The Morgan fingerprint density at radius 1 is 0.970 bits per heavy atom. The predicted octanol–water partition coefficient (Wildman–Crippen LogP) is 6.63.